The first-order valence-electron chi connectivity index (χ1n) is 40.3. The second kappa shape index (κ2) is 39.4. The fourth-order valence-corrected chi connectivity index (χ4v) is 17.2. The minimum atomic E-state index is 0. The van der Waals surface area contributed by atoms with Gasteiger partial charge in [0.25, 0.3) is 0 Å². The van der Waals surface area contributed by atoms with E-state index in [2.05, 4.69) is 340 Å². The molecule has 11 aliphatic rings. The summed E-state index contributed by atoms with van der Waals surface area (Å²) in [6.45, 7) is 43.0. The number of rotatable bonds is 1. The molecule has 0 saturated carbocycles. The average molecular weight is 1530 g/mol. The number of allylic oxidation sites excluding steroid dienone is 20. The molecule has 4 aromatic heterocycles. The van der Waals surface area contributed by atoms with Crippen LogP contribution in [0.25, 0.3) is 47.2 Å². The summed E-state index contributed by atoms with van der Waals surface area (Å²) in [5.41, 5.74) is 49.3. The van der Waals surface area contributed by atoms with Gasteiger partial charge in [0.1, 0.15) is 0 Å². The zero-order valence-corrected chi connectivity index (χ0v) is 73.1. The Morgan fingerprint density at radius 3 is 1.54 bits per heavy atom. The molecule has 0 aliphatic heterocycles. The van der Waals surface area contributed by atoms with Gasteiger partial charge in [-0.15, -0.1) is 24.7 Å². The molecule has 0 N–H and O–H groups in total. The van der Waals surface area contributed by atoms with Gasteiger partial charge in [0.2, 0.25) is 0 Å². The molecule has 9 aromatic rings. The van der Waals surface area contributed by atoms with Crippen LogP contribution in [0.3, 0.4) is 0 Å². The Morgan fingerprint density at radius 2 is 0.893 bits per heavy atom. The van der Waals surface area contributed by atoms with Gasteiger partial charge in [-0.25, -0.2) is 18.1 Å². The maximum atomic E-state index is 4.45. The van der Waals surface area contributed by atoms with Gasteiger partial charge in [0.15, 0.2) is 0 Å². The van der Waals surface area contributed by atoms with E-state index in [0.29, 0.717) is 5.92 Å². The fraction of sp³-hybridized carbons (Fsp3) is 0.308. The molecule has 0 bridgehead atoms. The third-order valence-electron chi connectivity index (χ3n) is 21.6. The molecule has 1 unspecified atom stereocenters. The van der Waals surface area contributed by atoms with Gasteiger partial charge in [-0.2, -0.15) is 35.4 Å². The van der Waals surface area contributed by atoms with Gasteiger partial charge >= 0.3 is 18.6 Å². The summed E-state index contributed by atoms with van der Waals surface area (Å²) >= 11 is 1.90. The Morgan fingerprint density at radius 1 is 0.348 bits per heavy atom. The third-order valence-corrected chi connectivity index (χ3v) is 22.6. The second-order valence-corrected chi connectivity index (χ2v) is 34.9. The number of pyridine rings is 3. The topological polar surface area (TPSA) is 38.7 Å². The standard InChI is InChI=1S/C15H16.C15H14.C13H14.C11H12.3C10H11N.C9H10S.2C7H10.V/c2*1-10-3-4-12-8-14-6-11(2)7-15(14)9-13(12)5-10;1-10-3-6-12(7-4-10)13-8-5-11(2)9-13;1-8-3-4-10-6-9(2)7-11(10)5-8;1-7-3-9-4-8(2)6-11-10(9)5-7;1-7-3-9-5-8(2)11-6-10(9)4-7;1-7-5-9-4-3-8(2)11-10(9)6-7;1-6-3-8-5-7(2)10-9(8)4-6;2*1-6-3-4-7(2)5-6;/h3-5,7H,6,8-9H2,1-2H3;3-5,7-9H,6H2,1-2H3;3-6,8,13H,9H2,1-2H3;3-6H,7H2,1-2H3;2*4-6H,3H2,1-2H3;3-5H,6H2,1-2H3;4-5H,3H2,1-2H3;2*3-4H,5H2,1-2H3;/q;;-2;;;;;;;;+2. The van der Waals surface area contributed by atoms with Crippen LogP contribution in [0.1, 0.15) is 242 Å². The number of aromatic nitrogens is 3. The minimum absolute atomic E-state index is 0. The smallest absolute Gasteiger partial charge is 0.261 e. The Labute approximate surface area is 690 Å². The molecule has 0 spiro atoms. The van der Waals surface area contributed by atoms with Crippen LogP contribution in [0, 0.1) is 67.9 Å². The third kappa shape index (κ3) is 24.5. The van der Waals surface area contributed by atoms with Gasteiger partial charge in [-0.1, -0.05) is 224 Å². The first-order valence-corrected chi connectivity index (χ1v) is 41.1. The van der Waals surface area contributed by atoms with Crippen LogP contribution >= 0.6 is 11.3 Å². The molecule has 0 fully saturated rings. The van der Waals surface area contributed by atoms with Crippen molar-refractivity contribution < 1.29 is 18.6 Å². The largest absolute Gasteiger partial charge is 2.00 e. The molecule has 4 heterocycles. The molecule has 11 aliphatic carbocycles. The van der Waals surface area contributed by atoms with E-state index in [1.807, 2.05) is 37.6 Å². The normalized spacial score (nSPS) is 16.3. The van der Waals surface area contributed by atoms with Crippen molar-refractivity contribution in [3.63, 3.8) is 0 Å². The molecular weight excluding hydrogens is 1410 g/mol. The quantitative estimate of drug-likeness (QED) is 0.154. The molecule has 5 heteroatoms. The monoisotopic (exact) mass is 1530 g/mol. The molecule has 3 nitrogen and oxygen atoms in total. The number of nitrogens with zero attached hydrogens (tertiary/aromatic N) is 3. The van der Waals surface area contributed by atoms with Crippen molar-refractivity contribution in [3.8, 4) is 0 Å². The zero-order valence-electron chi connectivity index (χ0n) is 70.9. The van der Waals surface area contributed by atoms with Gasteiger partial charge in [-0.3, -0.25) is 15.0 Å². The van der Waals surface area contributed by atoms with Gasteiger partial charge in [0, 0.05) is 40.0 Å². The molecule has 1 atom stereocenters. The first-order chi connectivity index (χ1) is 53.0. The number of thiophene rings is 1. The summed E-state index contributed by atoms with van der Waals surface area (Å²) < 4.78 is 0. The van der Waals surface area contributed by atoms with E-state index in [4.69, 9.17) is 0 Å². The van der Waals surface area contributed by atoms with E-state index in [9.17, 15) is 0 Å². The maximum absolute atomic E-state index is 4.45. The van der Waals surface area contributed by atoms with E-state index in [1.54, 1.807) is 22.3 Å². The van der Waals surface area contributed by atoms with Crippen LogP contribution in [0.2, 0.25) is 0 Å². The summed E-state index contributed by atoms with van der Waals surface area (Å²) in [4.78, 5) is 15.9. The summed E-state index contributed by atoms with van der Waals surface area (Å²) in [6, 6.07) is 45.5. The van der Waals surface area contributed by atoms with E-state index in [0.717, 1.165) is 55.6 Å². The molecule has 573 valence electrons. The molecule has 20 rings (SSSR count). The van der Waals surface area contributed by atoms with Crippen molar-refractivity contribution in [1.29, 1.82) is 0 Å². The number of hydrogen-bond donors (Lipinski definition) is 0. The molecule has 5 aromatic carbocycles. The predicted molar refractivity (Wildman–Crippen MR) is 484 cm³/mol. The van der Waals surface area contributed by atoms with Gasteiger partial charge in [0.05, 0.1) is 11.4 Å². The second-order valence-electron chi connectivity index (χ2n) is 33.6. The SMILES string of the molecule is CC1=CC2=C(C1)Cc1ccc(C)cc1C2.CC1=CC=C(C)C1.CC1=CC=C(C)C1.CC1=C[CH-]C(c2[c-]cc(C)cc2)C1.CC1=Cc2cc3cc(C)ccc3cc2C1.CC1=Cc2ccc(C)cc2C1.CC1=Cc2ccc(C)nc2C1.CC1=Cc2cnc(C)cc2C1.CC1=Cc2ncc(C)cc2C1.CC1=Cc2sc(C)cc2C1.[V+2]. The van der Waals surface area contributed by atoms with Gasteiger partial charge in [-0.05, 0) is 308 Å². The van der Waals surface area contributed by atoms with Crippen LogP contribution in [-0.4, -0.2) is 15.0 Å². The summed E-state index contributed by atoms with van der Waals surface area (Å²) in [5.74, 6) is 0.570. The summed E-state index contributed by atoms with van der Waals surface area (Å²) in [6.07, 6.45) is 46.7. The van der Waals surface area contributed by atoms with Crippen LogP contribution in [0.5, 0.6) is 0 Å². The average Bonchev–Trinajstić information content (AvgIpc) is 1.62. The molecule has 1 radical (unpaired) electrons. The Balaban J connectivity index is 0.000000133. The van der Waals surface area contributed by atoms with Gasteiger partial charge < -0.3 is 0 Å². The number of fused-ring (bicyclic) bond motifs is 8. The van der Waals surface area contributed by atoms with E-state index < -0.39 is 0 Å². The van der Waals surface area contributed by atoms with Crippen molar-refractivity contribution in [2.75, 3.05) is 0 Å². The number of aryl methyl sites for hydroxylation is 8. The van der Waals surface area contributed by atoms with Crippen LogP contribution in [-0.2, 0) is 69.9 Å². The molecular formula is C107H119N3SV. The molecule has 112 heavy (non-hydrogen) atoms. The predicted octanol–water partition coefficient (Wildman–Crippen LogP) is 28.9. The summed E-state index contributed by atoms with van der Waals surface area (Å²) in [5, 5.41) is 2.72. The van der Waals surface area contributed by atoms with Crippen molar-refractivity contribution in [2.24, 2.45) is 0 Å². The fourth-order valence-electron chi connectivity index (χ4n) is 16.1. The Kier molecular flexibility index (Phi) is 29.9. The first kappa shape index (κ1) is 85.0. The van der Waals surface area contributed by atoms with Crippen molar-refractivity contribution >= 4 is 58.6 Å². The van der Waals surface area contributed by atoms with E-state index >= 15 is 0 Å². The van der Waals surface area contributed by atoms with Crippen LogP contribution in [0.4, 0.5) is 0 Å². The molecule has 0 saturated heterocycles. The van der Waals surface area contributed by atoms with Crippen molar-refractivity contribution in [1.82, 2.24) is 15.0 Å². The summed E-state index contributed by atoms with van der Waals surface area (Å²) in [7, 11) is 0. The van der Waals surface area contributed by atoms with Crippen LogP contribution in [0.15, 0.2) is 242 Å². The van der Waals surface area contributed by atoms with Crippen molar-refractivity contribution in [3.05, 3.63) is 382 Å². The van der Waals surface area contributed by atoms with E-state index in [1.165, 1.54) is 215 Å². The van der Waals surface area contributed by atoms with E-state index in [-0.39, 0.29) is 18.6 Å². The number of hydrogen-bond acceptors (Lipinski definition) is 4. The Hall–Kier alpha value is -9.42. The van der Waals surface area contributed by atoms with Crippen molar-refractivity contribution in [2.45, 2.75) is 221 Å². The zero-order chi connectivity index (χ0) is 79.2. The Bertz CT molecular complexity index is 5070. The minimum Gasteiger partial charge on any atom is -0.261 e. The maximum Gasteiger partial charge on any atom is 2.00 e. The van der Waals surface area contributed by atoms with Crippen LogP contribution < -0.4 is 0 Å². The molecule has 0 amide bonds. The number of benzene rings is 5.